The van der Waals surface area contributed by atoms with Gasteiger partial charge in [-0.25, -0.2) is 4.98 Å². The summed E-state index contributed by atoms with van der Waals surface area (Å²) in [6.07, 6.45) is 2.79. The van der Waals surface area contributed by atoms with Crippen LogP contribution in [0.5, 0.6) is 5.75 Å². The first-order valence-electron chi connectivity index (χ1n) is 8.79. The number of amides is 1. The van der Waals surface area contributed by atoms with Gasteiger partial charge in [0.1, 0.15) is 16.4 Å². The minimum absolute atomic E-state index is 0.0449. The number of fused-ring (bicyclic) bond motifs is 3. The minimum Gasteiger partial charge on any atom is -0.482 e. The van der Waals surface area contributed by atoms with Crippen molar-refractivity contribution in [3.8, 4) is 5.75 Å². The van der Waals surface area contributed by atoms with Crippen molar-refractivity contribution in [3.05, 3.63) is 50.4 Å². The van der Waals surface area contributed by atoms with Crippen LogP contribution in [0.1, 0.15) is 28.2 Å². The van der Waals surface area contributed by atoms with Crippen LogP contribution in [-0.4, -0.2) is 22.1 Å². The lowest BCUT2D eigenvalue weighted by Crippen LogP contribution is -2.25. The van der Waals surface area contributed by atoms with Crippen LogP contribution in [-0.2, 0) is 11.3 Å². The molecule has 5 rings (SSSR count). The van der Waals surface area contributed by atoms with Crippen molar-refractivity contribution >= 4 is 44.8 Å². The summed E-state index contributed by atoms with van der Waals surface area (Å²) < 4.78 is 7.18. The minimum atomic E-state index is -0.155. The van der Waals surface area contributed by atoms with E-state index in [1.807, 2.05) is 38.1 Å². The summed E-state index contributed by atoms with van der Waals surface area (Å²) >= 11 is 1.57. The molecule has 2 aromatic heterocycles. The summed E-state index contributed by atoms with van der Waals surface area (Å²) in [5, 5.41) is 3.57. The van der Waals surface area contributed by atoms with Crippen LogP contribution in [0.2, 0.25) is 0 Å². The van der Waals surface area contributed by atoms with Gasteiger partial charge in [0.25, 0.3) is 11.5 Å². The van der Waals surface area contributed by atoms with Crippen LogP contribution >= 0.6 is 11.3 Å². The molecule has 0 bridgehead atoms. The van der Waals surface area contributed by atoms with Crippen molar-refractivity contribution in [2.24, 2.45) is 0 Å². The Labute approximate surface area is 159 Å². The number of nitrogens with one attached hydrogen (secondary N) is 1. The summed E-state index contributed by atoms with van der Waals surface area (Å²) in [7, 11) is 0. The van der Waals surface area contributed by atoms with Crippen LogP contribution in [0.4, 0.5) is 5.69 Å². The molecule has 1 N–H and O–H groups in total. The van der Waals surface area contributed by atoms with Crippen LogP contribution in [0, 0.1) is 13.8 Å². The number of thiophene rings is 1. The first-order chi connectivity index (χ1) is 13.0. The predicted octanol–water partition coefficient (Wildman–Crippen LogP) is 3.35. The van der Waals surface area contributed by atoms with Gasteiger partial charge in [0.2, 0.25) is 0 Å². The number of ether oxygens (including phenoxy) is 1. The molecule has 1 aromatic carbocycles. The summed E-state index contributed by atoms with van der Waals surface area (Å²) in [5.74, 6) is 1.26. The Bertz CT molecular complexity index is 1220. The maximum atomic E-state index is 12.9. The van der Waals surface area contributed by atoms with E-state index in [1.165, 1.54) is 0 Å². The summed E-state index contributed by atoms with van der Waals surface area (Å²) in [5.41, 5.74) is 3.72. The van der Waals surface area contributed by atoms with Gasteiger partial charge in [-0.15, -0.1) is 11.3 Å². The molecular formula is C20H17N3O3S. The van der Waals surface area contributed by atoms with Crippen molar-refractivity contribution in [2.45, 2.75) is 26.8 Å². The Kier molecular flexibility index (Phi) is 3.48. The molecule has 6 nitrogen and oxygen atoms in total. The summed E-state index contributed by atoms with van der Waals surface area (Å²) in [4.78, 5) is 31.2. The third-order valence-corrected chi connectivity index (χ3v) is 6.26. The number of nitrogens with zero attached hydrogens (tertiary/aromatic N) is 2. The van der Waals surface area contributed by atoms with Crippen LogP contribution in [0.15, 0.2) is 23.0 Å². The summed E-state index contributed by atoms with van der Waals surface area (Å²) in [6.45, 7) is 4.70. The number of carbonyl (C=O) groups excluding carboxylic acids is 1. The molecule has 7 heteroatoms. The number of aromatic nitrogens is 2. The number of rotatable bonds is 1. The third kappa shape index (κ3) is 2.49. The molecule has 0 atom stereocenters. The van der Waals surface area contributed by atoms with Crippen molar-refractivity contribution in [1.82, 2.24) is 9.55 Å². The fourth-order valence-corrected chi connectivity index (χ4v) is 4.67. The summed E-state index contributed by atoms with van der Waals surface area (Å²) in [6, 6.07) is 5.69. The van der Waals surface area contributed by atoms with E-state index >= 15 is 0 Å². The Morgan fingerprint density at radius 3 is 3.00 bits per heavy atom. The molecule has 0 radical (unpaired) electrons. The van der Waals surface area contributed by atoms with Gasteiger partial charge in [0.15, 0.2) is 6.61 Å². The van der Waals surface area contributed by atoms with Crippen molar-refractivity contribution in [1.29, 1.82) is 0 Å². The molecule has 0 unspecified atom stereocenters. The Hall–Kier alpha value is -2.93. The van der Waals surface area contributed by atoms with E-state index in [2.05, 4.69) is 5.32 Å². The molecular weight excluding hydrogens is 362 g/mol. The maximum Gasteiger partial charge on any atom is 0.262 e. The lowest BCUT2D eigenvalue weighted by atomic mass is 10.1. The number of carbonyl (C=O) groups is 1. The number of hydrogen-bond donors (Lipinski definition) is 1. The van der Waals surface area contributed by atoms with Gasteiger partial charge in [-0.1, -0.05) is 6.07 Å². The molecule has 136 valence electrons. The highest BCUT2D eigenvalue weighted by atomic mass is 32.1. The SMILES string of the molecule is Cc1sc2nc3n(c(=O)c2c1C)CC/C3=C\c1ccc2c(c1)NC(=O)CO2. The highest BCUT2D eigenvalue weighted by Crippen LogP contribution is 2.34. The molecule has 0 spiro atoms. The fraction of sp³-hybridized carbons (Fsp3) is 0.250. The van der Waals surface area contributed by atoms with Crippen molar-refractivity contribution in [3.63, 3.8) is 0 Å². The predicted molar refractivity (Wildman–Crippen MR) is 106 cm³/mol. The molecule has 3 aromatic rings. The zero-order valence-corrected chi connectivity index (χ0v) is 15.8. The first-order valence-corrected chi connectivity index (χ1v) is 9.61. The Morgan fingerprint density at radius 1 is 1.30 bits per heavy atom. The van der Waals surface area contributed by atoms with Gasteiger partial charge in [-0.2, -0.15) is 0 Å². The molecule has 2 aliphatic heterocycles. The number of aryl methyl sites for hydroxylation is 2. The topological polar surface area (TPSA) is 73.2 Å². The smallest absolute Gasteiger partial charge is 0.262 e. The van der Waals surface area contributed by atoms with Gasteiger partial charge < -0.3 is 10.1 Å². The van der Waals surface area contributed by atoms with Gasteiger partial charge in [-0.05, 0) is 55.2 Å². The second kappa shape index (κ2) is 5.79. The standard InChI is InChI=1S/C20H17N3O3S/c1-10-11(2)27-19-17(10)20(25)23-6-5-13(18(23)22-19)7-12-3-4-15-14(8-12)21-16(24)9-26-15/h3-4,7-8H,5-6,9H2,1-2H3,(H,21,24)/b13-7+. The van der Waals surface area contributed by atoms with E-state index in [9.17, 15) is 9.59 Å². The van der Waals surface area contributed by atoms with Crippen LogP contribution in [0.25, 0.3) is 21.9 Å². The van der Waals surface area contributed by atoms with E-state index < -0.39 is 0 Å². The highest BCUT2D eigenvalue weighted by Gasteiger charge is 2.23. The maximum absolute atomic E-state index is 12.9. The largest absolute Gasteiger partial charge is 0.482 e. The monoisotopic (exact) mass is 379 g/mol. The molecule has 27 heavy (non-hydrogen) atoms. The van der Waals surface area contributed by atoms with Crippen molar-refractivity contribution < 1.29 is 9.53 Å². The molecule has 0 fully saturated rings. The third-order valence-electron chi connectivity index (χ3n) is 5.16. The normalized spacial score (nSPS) is 17.0. The van der Waals surface area contributed by atoms with E-state index in [-0.39, 0.29) is 18.1 Å². The Morgan fingerprint density at radius 2 is 2.15 bits per heavy atom. The van der Waals surface area contributed by atoms with Crippen LogP contribution < -0.4 is 15.6 Å². The number of benzene rings is 1. The molecule has 2 aliphatic rings. The molecule has 1 amide bonds. The lowest BCUT2D eigenvalue weighted by molar-refractivity contribution is -0.118. The van der Waals surface area contributed by atoms with Gasteiger partial charge >= 0.3 is 0 Å². The van der Waals surface area contributed by atoms with Gasteiger partial charge in [0, 0.05) is 11.4 Å². The molecule has 0 aliphatic carbocycles. The average molecular weight is 379 g/mol. The van der Waals surface area contributed by atoms with E-state index in [4.69, 9.17) is 9.72 Å². The lowest BCUT2D eigenvalue weighted by Gasteiger charge is -2.18. The molecule has 0 saturated heterocycles. The van der Waals surface area contributed by atoms with E-state index in [0.717, 1.165) is 44.0 Å². The number of hydrogen-bond acceptors (Lipinski definition) is 5. The number of allylic oxidation sites excluding steroid dienone is 1. The first kappa shape index (κ1) is 16.3. The zero-order valence-electron chi connectivity index (χ0n) is 15.0. The fourth-order valence-electron chi connectivity index (χ4n) is 3.65. The Balaban J connectivity index is 1.61. The molecule has 4 heterocycles. The number of anilines is 1. The van der Waals surface area contributed by atoms with Gasteiger partial charge in [-0.3, -0.25) is 14.2 Å². The van der Waals surface area contributed by atoms with Crippen molar-refractivity contribution in [2.75, 3.05) is 11.9 Å². The van der Waals surface area contributed by atoms with Gasteiger partial charge in [0.05, 0.1) is 11.1 Å². The quantitative estimate of drug-likeness (QED) is 0.704. The molecule has 0 saturated carbocycles. The second-order valence-electron chi connectivity index (χ2n) is 6.87. The average Bonchev–Trinajstić information content (AvgIpc) is 3.16. The van der Waals surface area contributed by atoms with E-state index in [0.29, 0.717) is 18.0 Å². The second-order valence-corrected chi connectivity index (χ2v) is 8.07. The van der Waals surface area contributed by atoms with E-state index in [1.54, 1.807) is 15.9 Å². The highest BCUT2D eigenvalue weighted by molar-refractivity contribution is 7.18. The zero-order chi connectivity index (χ0) is 18.7. The van der Waals surface area contributed by atoms with Crippen LogP contribution in [0.3, 0.4) is 0 Å².